The minimum Gasteiger partial charge on any atom is -0.462 e. The van der Waals surface area contributed by atoms with Crippen LogP contribution in [-0.2, 0) is 44.3 Å². The highest BCUT2D eigenvalue weighted by molar-refractivity contribution is 5.93. The first-order valence-electron chi connectivity index (χ1n) is 20.0. The predicted molar refractivity (Wildman–Crippen MR) is 219 cm³/mol. The van der Waals surface area contributed by atoms with Crippen LogP contribution in [0.3, 0.4) is 0 Å². The second-order valence-corrected chi connectivity index (χ2v) is 14.7. The van der Waals surface area contributed by atoms with E-state index in [1.54, 1.807) is 14.2 Å². The second-order valence-electron chi connectivity index (χ2n) is 14.7. The first-order valence-corrected chi connectivity index (χ1v) is 20.0. The largest absolute Gasteiger partial charge is 0.462 e. The molecule has 0 bridgehead atoms. The maximum absolute atomic E-state index is 6.21. The van der Waals surface area contributed by atoms with Gasteiger partial charge in [-0.15, -0.1) is 0 Å². The summed E-state index contributed by atoms with van der Waals surface area (Å²) in [6.45, 7) is 5.73. The summed E-state index contributed by atoms with van der Waals surface area (Å²) in [6.07, 6.45) is 0.613. The summed E-state index contributed by atoms with van der Waals surface area (Å²) in [5, 5.41) is 6.88. The minimum atomic E-state index is -0.225. The van der Waals surface area contributed by atoms with E-state index >= 15 is 0 Å². The summed E-state index contributed by atoms with van der Waals surface area (Å²) in [6, 6.07) is 37.0. The van der Waals surface area contributed by atoms with Gasteiger partial charge >= 0.3 is 0 Å². The van der Waals surface area contributed by atoms with Gasteiger partial charge in [-0.1, -0.05) is 72.8 Å². The van der Waals surface area contributed by atoms with E-state index in [0.29, 0.717) is 45.1 Å². The monoisotopic (exact) mass is 804 g/mol. The van der Waals surface area contributed by atoms with Gasteiger partial charge < -0.3 is 56.8 Å². The maximum Gasteiger partial charge on any atom is 0.223 e. The summed E-state index contributed by atoms with van der Waals surface area (Å²) in [7, 11) is 3.36. The summed E-state index contributed by atoms with van der Waals surface area (Å²) < 4.78 is 64.7. The molecule has 6 heterocycles. The van der Waals surface area contributed by atoms with Gasteiger partial charge in [0.2, 0.25) is 25.2 Å². The topological polar surface area (TPSA) is 131 Å². The van der Waals surface area contributed by atoms with E-state index in [2.05, 4.69) is 84.9 Å². The molecular weight excluding hydrogens is 757 g/mol. The fourth-order valence-corrected chi connectivity index (χ4v) is 6.44. The lowest BCUT2D eigenvalue weighted by Crippen LogP contribution is -2.06. The highest BCUT2D eigenvalue weighted by atomic mass is 16.8. The molecule has 308 valence electrons. The predicted octanol–water partition coefficient (Wildman–Crippen LogP) is 7.43. The molecule has 6 fully saturated rings. The van der Waals surface area contributed by atoms with Gasteiger partial charge in [-0.25, -0.2) is 0 Å². The first-order chi connectivity index (χ1) is 29.1. The normalized spacial score (nSPS) is 23.6. The van der Waals surface area contributed by atoms with Crippen LogP contribution < -0.4 is 18.9 Å². The molecule has 6 aromatic carbocycles. The molecular formula is C47H48O12. The van der Waals surface area contributed by atoms with Gasteiger partial charge in [-0.2, -0.15) is 0 Å². The van der Waals surface area contributed by atoms with Crippen LogP contribution in [0.4, 0.5) is 0 Å². The zero-order valence-corrected chi connectivity index (χ0v) is 33.1. The Morgan fingerprint density at radius 3 is 1.10 bits per heavy atom. The summed E-state index contributed by atoms with van der Waals surface area (Å²) in [5.74, 6) is 3.08. The first kappa shape index (κ1) is 39.4. The van der Waals surface area contributed by atoms with Crippen molar-refractivity contribution in [1.29, 1.82) is 0 Å². The Balaban J connectivity index is 0.000000164. The number of hydrogen-bond acceptors (Lipinski definition) is 12. The van der Waals surface area contributed by atoms with E-state index < -0.39 is 0 Å². The zero-order chi connectivity index (χ0) is 40.0. The number of hydrogen-bond donors (Lipinski definition) is 0. The van der Waals surface area contributed by atoms with Crippen LogP contribution in [0, 0.1) is 0 Å². The third-order valence-corrected chi connectivity index (χ3v) is 9.91. The lowest BCUT2D eigenvalue weighted by molar-refractivity contribution is 0.171. The SMILES string of the molecule is COCC1CO1.COCC1CO1.c1cc2ccc(OC3CO3)c(Cc3c(OC4CO4)ccc4ccc(OC5CO5)cc34)c2cc1OC1CO1.c1ccc2ccccc2c1. The molecule has 0 spiro atoms. The van der Waals surface area contributed by atoms with Crippen molar-refractivity contribution in [3.8, 4) is 23.0 Å². The fourth-order valence-electron chi connectivity index (χ4n) is 6.44. The van der Waals surface area contributed by atoms with Crippen LogP contribution in [-0.4, -0.2) is 104 Å². The molecule has 0 aliphatic carbocycles. The Morgan fingerprint density at radius 2 is 0.780 bits per heavy atom. The van der Waals surface area contributed by atoms with Crippen molar-refractivity contribution in [2.24, 2.45) is 0 Å². The zero-order valence-electron chi connectivity index (χ0n) is 33.1. The molecule has 12 nitrogen and oxygen atoms in total. The van der Waals surface area contributed by atoms with Crippen molar-refractivity contribution in [2.75, 3.05) is 67.1 Å². The van der Waals surface area contributed by atoms with E-state index in [9.17, 15) is 0 Å². The molecule has 6 aromatic rings. The summed E-state index contributed by atoms with van der Waals surface area (Å²) >= 11 is 0. The van der Waals surface area contributed by atoms with Crippen molar-refractivity contribution in [2.45, 2.75) is 43.8 Å². The van der Waals surface area contributed by atoms with Gasteiger partial charge in [0.05, 0.1) is 26.4 Å². The maximum atomic E-state index is 6.21. The molecule has 0 saturated carbocycles. The number of ether oxygens (including phenoxy) is 12. The van der Waals surface area contributed by atoms with Crippen LogP contribution in [0.2, 0.25) is 0 Å². The van der Waals surface area contributed by atoms with Gasteiger partial charge in [0.25, 0.3) is 0 Å². The van der Waals surface area contributed by atoms with Crippen molar-refractivity contribution in [3.05, 3.63) is 120 Å². The highest BCUT2D eigenvalue weighted by Crippen LogP contribution is 2.40. The second kappa shape index (κ2) is 18.5. The summed E-state index contributed by atoms with van der Waals surface area (Å²) in [5.41, 5.74) is 2.06. The number of benzene rings is 6. The third-order valence-electron chi connectivity index (χ3n) is 9.91. The highest BCUT2D eigenvalue weighted by Gasteiger charge is 2.30. The number of epoxide rings is 6. The molecule has 6 saturated heterocycles. The standard InChI is InChI=1S/C29H24O8.C10H8.2C4H8O2/c1-5-18(34-26-12-30-26)9-20-16(1)3-7-24(36-28-14-32-28)22(20)11-23-21-10-19(35-27-13-31-27)6-2-17(21)4-8-25(23)37-29-15-33-29;1-2-6-10-8-4-3-7-9(10)5-1;2*1-5-2-4-3-6-4/h1-10,26-29H,11-15H2;1-8H;2*4H,2-3H2,1H3. The van der Waals surface area contributed by atoms with E-state index in [-0.39, 0.29) is 25.2 Å². The Kier molecular flexibility index (Phi) is 12.4. The molecule has 12 rings (SSSR count). The van der Waals surface area contributed by atoms with Crippen LogP contribution >= 0.6 is 0 Å². The number of methoxy groups -OCH3 is 2. The Morgan fingerprint density at radius 1 is 0.424 bits per heavy atom. The molecule has 0 aromatic heterocycles. The van der Waals surface area contributed by atoms with Gasteiger partial charge in [0, 0.05) is 31.8 Å². The van der Waals surface area contributed by atoms with Crippen molar-refractivity contribution >= 4 is 32.3 Å². The molecule has 6 aliphatic heterocycles. The van der Waals surface area contributed by atoms with Crippen LogP contribution in [0.1, 0.15) is 11.1 Å². The van der Waals surface area contributed by atoms with Crippen molar-refractivity contribution in [3.63, 3.8) is 0 Å². The third kappa shape index (κ3) is 11.6. The van der Waals surface area contributed by atoms with Gasteiger partial charge in [-0.05, 0) is 68.7 Å². The Hall–Kier alpha value is -5.02. The molecule has 6 unspecified atom stereocenters. The fraction of sp³-hybridized carbons (Fsp3) is 0.362. The lowest BCUT2D eigenvalue weighted by atomic mass is 9.93. The quantitative estimate of drug-likeness (QED) is 0.102. The lowest BCUT2D eigenvalue weighted by Gasteiger charge is -2.18. The Labute approximate surface area is 342 Å². The molecule has 59 heavy (non-hydrogen) atoms. The number of fused-ring (bicyclic) bond motifs is 3. The van der Waals surface area contributed by atoms with E-state index in [0.717, 1.165) is 82.1 Å². The molecule has 12 heteroatoms. The van der Waals surface area contributed by atoms with Gasteiger partial charge in [0.15, 0.2) is 0 Å². The summed E-state index contributed by atoms with van der Waals surface area (Å²) in [4.78, 5) is 0. The molecule has 6 atom stereocenters. The average Bonchev–Trinajstić information content (AvgIpc) is 4.03. The van der Waals surface area contributed by atoms with Gasteiger partial charge in [0.1, 0.15) is 61.6 Å². The minimum absolute atomic E-state index is 0.175. The van der Waals surface area contributed by atoms with E-state index in [4.69, 9.17) is 56.8 Å². The molecule has 6 aliphatic rings. The molecule has 0 N–H and O–H groups in total. The average molecular weight is 805 g/mol. The Bertz CT molecular complexity index is 2120. The van der Waals surface area contributed by atoms with E-state index in [1.807, 2.05) is 24.3 Å². The van der Waals surface area contributed by atoms with Crippen molar-refractivity contribution in [1.82, 2.24) is 0 Å². The van der Waals surface area contributed by atoms with Crippen LogP contribution in [0.15, 0.2) is 109 Å². The van der Waals surface area contributed by atoms with Gasteiger partial charge in [-0.3, -0.25) is 0 Å². The smallest absolute Gasteiger partial charge is 0.223 e. The number of rotatable bonds is 14. The molecule has 0 amide bonds. The van der Waals surface area contributed by atoms with Crippen LogP contribution in [0.5, 0.6) is 23.0 Å². The molecule has 0 radical (unpaired) electrons. The van der Waals surface area contributed by atoms with Crippen LogP contribution in [0.25, 0.3) is 32.3 Å². The van der Waals surface area contributed by atoms with E-state index in [1.165, 1.54) is 10.8 Å². The van der Waals surface area contributed by atoms with Crippen molar-refractivity contribution < 1.29 is 56.8 Å².